The lowest BCUT2D eigenvalue weighted by molar-refractivity contribution is -0.0285. The van der Waals surface area contributed by atoms with Crippen molar-refractivity contribution in [3.05, 3.63) is 0 Å². The molecule has 0 bridgehead atoms. The van der Waals surface area contributed by atoms with Crippen molar-refractivity contribution in [3.8, 4) is 0 Å². The molecular weight excluding hydrogens is 542 g/mol. The Morgan fingerprint density at radius 3 is 0.375 bits per heavy atom. The summed E-state index contributed by atoms with van der Waals surface area (Å²) in [5, 5.41) is 0. The van der Waals surface area contributed by atoms with Crippen molar-refractivity contribution in [2.75, 3.05) is 172 Å². The van der Waals surface area contributed by atoms with E-state index >= 15 is 0 Å². The second-order valence-electron chi connectivity index (χ2n) is 7.73. The molecule has 12 nitrogen and oxygen atoms in total. The maximum absolute atomic E-state index is 11.8. The number of hydrogen-bond donors (Lipinski definition) is 0. The standard InChI is InChI=1S/C26H52F2O12/c27-1-3-29-5-7-31-9-11-33-13-15-35-17-19-37-21-23-39-25-26-40-24-22-38-20-18-36-16-14-34-12-10-32-8-6-30-4-2-28/h1-26H2. The first-order chi connectivity index (χ1) is 19.9. The van der Waals surface area contributed by atoms with Crippen LogP contribution in [0.4, 0.5) is 8.78 Å². The number of alkyl halides is 2. The van der Waals surface area contributed by atoms with Crippen LogP contribution in [-0.4, -0.2) is 172 Å². The zero-order valence-corrected chi connectivity index (χ0v) is 24.0. The molecule has 0 aromatic heterocycles. The Hall–Kier alpha value is -0.620. The van der Waals surface area contributed by atoms with Crippen LogP contribution in [0.2, 0.25) is 0 Å². The summed E-state index contributed by atoms with van der Waals surface area (Å²) in [4.78, 5) is 0. The van der Waals surface area contributed by atoms with E-state index in [1.807, 2.05) is 0 Å². The van der Waals surface area contributed by atoms with Crippen molar-refractivity contribution >= 4 is 0 Å². The van der Waals surface area contributed by atoms with Gasteiger partial charge >= 0.3 is 0 Å². The summed E-state index contributed by atoms with van der Waals surface area (Å²) in [7, 11) is 0. The van der Waals surface area contributed by atoms with Crippen LogP contribution < -0.4 is 0 Å². The fourth-order valence-corrected chi connectivity index (χ4v) is 2.63. The van der Waals surface area contributed by atoms with E-state index in [0.29, 0.717) is 145 Å². The van der Waals surface area contributed by atoms with Gasteiger partial charge in [0.2, 0.25) is 0 Å². The SMILES string of the molecule is FCCOCCOCCOCCOCCOCCOCCOCCOCCOCCOCCOCCOCCF. The highest BCUT2D eigenvalue weighted by Crippen LogP contribution is 1.87. The molecule has 0 amide bonds. The number of ether oxygens (including phenoxy) is 12. The molecule has 0 aliphatic carbocycles. The minimum Gasteiger partial charge on any atom is -0.377 e. The molecule has 242 valence electrons. The van der Waals surface area contributed by atoms with Crippen molar-refractivity contribution in [2.24, 2.45) is 0 Å². The molecular formula is C26H52F2O12. The molecule has 0 heterocycles. The Kier molecular flexibility index (Phi) is 37.8. The minimum absolute atomic E-state index is 0.111. The molecule has 0 fully saturated rings. The highest BCUT2D eigenvalue weighted by Gasteiger charge is 1.96. The molecule has 0 aliphatic rings. The van der Waals surface area contributed by atoms with Crippen molar-refractivity contribution in [3.63, 3.8) is 0 Å². The summed E-state index contributed by atoms with van der Waals surface area (Å²) in [5.41, 5.74) is 0. The largest absolute Gasteiger partial charge is 0.377 e. The summed E-state index contributed by atoms with van der Waals surface area (Å²) in [6, 6.07) is 0. The predicted octanol–water partition coefficient (Wildman–Crippen LogP) is 1.12. The molecule has 0 radical (unpaired) electrons. The molecule has 0 rings (SSSR count). The van der Waals surface area contributed by atoms with Crippen LogP contribution in [0, 0.1) is 0 Å². The molecule has 0 aromatic carbocycles. The van der Waals surface area contributed by atoms with Gasteiger partial charge < -0.3 is 56.8 Å². The Labute approximate surface area is 238 Å². The second kappa shape index (κ2) is 38.4. The molecule has 0 spiro atoms. The lowest BCUT2D eigenvalue weighted by Gasteiger charge is -2.09. The first-order valence-electron chi connectivity index (χ1n) is 14.0. The van der Waals surface area contributed by atoms with Crippen LogP contribution in [0.3, 0.4) is 0 Å². The maximum Gasteiger partial charge on any atom is 0.113 e. The van der Waals surface area contributed by atoms with E-state index in [1.165, 1.54) is 0 Å². The van der Waals surface area contributed by atoms with E-state index < -0.39 is 13.3 Å². The van der Waals surface area contributed by atoms with E-state index in [2.05, 4.69) is 0 Å². The predicted molar refractivity (Wildman–Crippen MR) is 142 cm³/mol. The third-order valence-corrected chi connectivity index (χ3v) is 4.54. The zero-order chi connectivity index (χ0) is 28.9. The molecule has 0 saturated heterocycles. The summed E-state index contributed by atoms with van der Waals surface area (Å²) in [6.45, 7) is 9.66. The first-order valence-corrected chi connectivity index (χ1v) is 14.0. The third-order valence-electron chi connectivity index (χ3n) is 4.54. The monoisotopic (exact) mass is 594 g/mol. The lowest BCUT2D eigenvalue weighted by Crippen LogP contribution is -2.15. The maximum atomic E-state index is 11.8. The first kappa shape index (κ1) is 39.4. The summed E-state index contributed by atoms with van der Waals surface area (Å²) in [5.74, 6) is 0. The number of halogens is 2. The van der Waals surface area contributed by atoms with Gasteiger partial charge in [0.15, 0.2) is 0 Å². The van der Waals surface area contributed by atoms with Crippen LogP contribution >= 0.6 is 0 Å². The molecule has 0 atom stereocenters. The van der Waals surface area contributed by atoms with E-state index in [9.17, 15) is 8.78 Å². The highest BCUT2D eigenvalue weighted by atomic mass is 19.1. The van der Waals surface area contributed by atoms with Gasteiger partial charge in [-0.3, -0.25) is 0 Å². The molecule has 0 aliphatic heterocycles. The zero-order valence-electron chi connectivity index (χ0n) is 24.0. The van der Waals surface area contributed by atoms with Crippen LogP contribution in [0.25, 0.3) is 0 Å². The Bertz CT molecular complexity index is 406. The quantitative estimate of drug-likeness (QED) is 0.0962. The van der Waals surface area contributed by atoms with Gasteiger partial charge in [-0.25, -0.2) is 8.78 Å². The fourth-order valence-electron chi connectivity index (χ4n) is 2.63. The molecule has 40 heavy (non-hydrogen) atoms. The van der Waals surface area contributed by atoms with E-state index in [-0.39, 0.29) is 13.2 Å². The topological polar surface area (TPSA) is 111 Å². The number of rotatable bonds is 37. The molecule has 0 aromatic rings. The number of hydrogen-bond acceptors (Lipinski definition) is 12. The summed E-state index contributed by atoms with van der Waals surface area (Å²) in [6.07, 6.45) is 0. The van der Waals surface area contributed by atoms with Gasteiger partial charge in [-0.05, 0) is 0 Å². The van der Waals surface area contributed by atoms with Crippen LogP contribution in [0.1, 0.15) is 0 Å². The van der Waals surface area contributed by atoms with Gasteiger partial charge in [-0.1, -0.05) is 0 Å². The Morgan fingerprint density at radius 2 is 0.275 bits per heavy atom. The normalized spacial score (nSPS) is 11.6. The van der Waals surface area contributed by atoms with Gasteiger partial charge in [-0.2, -0.15) is 0 Å². The van der Waals surface area contributed by atoms with Crippen LogP contribution in [-0.2, 0) is 56.8 Å². The van der Waals surface area contributed by atoms with Crippen LogP contribution in [0.5, 0.6) is 0 Å². The highest BCUT2D eigenvalue weighted by molar-refractivity contribution is 4.39. The van der Waals surface area contributed by atoms with E-state index in [1.54, 1.807) is 0 Å². The van der Waals surface area contributed by atoms with Gasteiger partial charge in [0.1, 0.15) is 13.3 Å². The van der Waals surface area contributed by atoms with Crippen molar-refractivity contribution in [1.29, 1.82) is 0 Å². The second-order valence-corrected chi connectivity index (χ2v) is 7.73. The average molecular weight is 595 g/mol. The fraction of sp³-hybridized carbons (Fsp3) is 1.00. The van der Waals surface area contributed by atoms with Crippen molar-refractivity contribution < 1.29 is 65.6 Å². The Morgan fingerprint density at radius 1 is 0.175 bits per heavy atom. The lowest BCUT2D eigenvalue weighted by atomic mass is 10.6. The smallest absolute Gasteiger partial charge is 0.113 e. The Balaban J connectivity index is 3.01. The van der Waals surface area contributed by atoms with Gasteiger partial charge in [0, 0.05) is 0 Å². The average Bonchev–Trinajstić information content (AvgIpc) is 2.97. The van der Waals surface area contributed by atoms with Gasteiger partial charge in [0.05, 0.1) is 159 Å². The molecule has 0 unspecified atom stereocenters. The molecule has 0 saturated carbocycles. The van der Waals surface area contributed by atoms with Crippen molar-refractivity contribution in [1.82, 2.24) is 0 Å². The summed E-state index contributed by atoms with van der Waals surface area (Å²) >= 11 is 0. The van der Waals surface area contributed by atoms with E-state index in [4.69, 9.17) is 56.8 Å². The van der Waals surface area contributed by atoms with Crippen molar-refractivity contribution in [2.45, 2.75) is 0 Å². The van der Waals surface area contributed by atoms with Gasteiger partial charge in [0.25, 0.3) is 0 Å². The third kappa shape index (κ3) is 37.4. The molecule has 0 N–H and O–H groups in total. The summed E-state index contributed by atoms with van der Waals surface area (Å²) < 4.78 is 87.3. The van der Waals surface area contributed by atoms with Crippen LogP contribution in [0.15, 0.2) is 0 Å². The molecule has 14 heteroatoms. The minimum atomic E-state index is -0.477. The van der Waals surface area contributed by atoms with Gasteiger partial charge in [-0.15, -0.1) is 0 Å². The van der Waals surface area contributed by atoms with E-state index in [0.717, 1.165) is 0 Å².